The lowest BCUT2D eigenvalue weighted by Gasteiger charge is -2.04. The SMILES string of the molecule is CCCCOC(=O)c1ccc(-c2ccc(/C=C(\C#N)C(=O)OCC)o2)cc1. The third kappa shape index (κ3) is 5.58. The van der Waals surface area contributed by atoms with Crippen molar-refractivity contribution in [2.24, 2.45) is 0 Å². The van der Waals surface area contributed by atoms with Gasteiger partial charge in [-0.05, 0) is 37.6 Å². The molecular weight excluding hydrogens is 346 g/mol. The third-order valence-electron chi connectivity index (χ3n) is 3.67. The van der Waals surface area contributed by atoms with Crippen LogP contribution in [0.15, 0.2) is 46.4 Å². The number of hydrogen-bond acceptors (Lipinski definition) is 6. The second-order valence-electron chi connectivity index (χ2n) is 5.66. The maximum atomic E-state index is 11.9. The fraction of sp³-hybridized carbons (Fsp3) is 0.286. The zero-order valence-electron chi connectivity index (χ0n) is 15.4. The van der Waals surface area contributed by atoms with Gasteiger partial charge in [-0.25, -0.2) is 9.59 Å². The molecule has 0 spiro atoms. The van der Waals surface area contributed by atoms with Gasteiger partial charge in [-0.15, -0.1) is 0 Å². The maximum Gasteiger partial charge on any atom is 0.349 e. The van der Waals surface area contributed by atoms with Gasteiger partial charge in [-0.2, -0.15) is 5.26 Å². The summed E-state index contributed by atoms with van der Waals surface area (Å²) in [5.74, 6) is -0.138. The minimum atomic E-state index is -0.691. The molecule has 0 bridgehead atoms. The summed E-state index contributed by atoms with van der Waals surface area (Å²) in [7, 11) is 0. The fourth-order valence-electron chi connectivity index (χ4n) is 2.24. The zero-order chi connectivity index (χ0) is 19.6. The van der Waals surface area contributed by atoms with Gasteiger partial charge in [0.05, 0.1) is 18.8 Å². The lowest BCUT2D eigenvalue weighted by atomic mass is 10.1. The Bertz CT molecular complexity index is 855. The number of hydrogen-bond donors (Lipinski definition) is 0. The normalized spacial score (nSPS) is 10.9. The Labute approximate surface area is 158 Å². The number of nitriles is 1. The van der Waals surface area contributed by atoms with E-state index >= 15 is 0 Å². The van der Waals surface area contributed by atoms with Crippen molar-refractivity contribution in [1.82, 2.24) is 0 Å². The average molecular weight is 367 g/mol. The van der Waals surface area contributed by atoms with Gasteiger partial charge >= 0.3 is 11.9 Å². The number of ether oxygens (including phenoxy) is 2. The van der Waals surface area contributed by atoms with Crippen LogP contribution < -0.4 is 0 Å². The van der Waals surface area contributed by atoms with Gasteiger partial charge in [0, 0.05) is 11.6 Å². The third-order valence-corrected chi connectivity index (χ3v) is 3.67. The molecule has 0 radical (unpaired) electrons. The molecule has 140 valence electrons. The first-order chi connectivity index (χ1) is 13.1. The van der Waals surface area contributed by atoms with Crippen molar-refractivity contribution in [1.29, 1.82) is 5.26 Å². The number of carbonyl (C=O) groups is 2. The van der Waals surface area contributed by atoms with Crippen LogP contribution in [-0.2, 0) is 14.3 Å². The highest BCUT2D eigenvalue weighted by Crippen LogP contribution is 2.24. The predicted molar refractivity (Wildman–Crippen MR) is 99.6 cm³/mol. The standard InChI is InChI=1S/C21H21NO5/c1-3-5-12-26-20(23)16-8-6-15(7-9-16)19-11-10-18(27-19)13-17(14-22)21(24)25-4-2/h6-11,13H,3-5,12H2,1-2H3/b17-13+. The average Bonchev–Trinajstić information content (AvgIpc) is 3.15. The van der Waals surface area contributed by atoms with Crippen LogP contribution in [0.25, 0.3) is 17.4 Å². The molecule has 0 unspecified atom stereocenters. The van der Waals surface area contributed by atoms with Gasteiger partial charge < -0.3 is 13.9 Å². The molecule has 1 aromatic carbocycles. The Morgan fingerprint density at radius 2 is 1.85 bits per heavy atom. The molecule has 0 N–H and O–H groups in total. The Hall–Kier alpha value is -3.33. The van der Waals surface area contributed by atoms with Crippen LogP contribution in [-0.4, -0.2) is 25.2 Å². The summed E-state index contributed by atoms with van der Waals surface area (Å²) in [6.07, 6.45) is 3.13. The summed E-state index contributed by atoms with van der Waals surface area (Å²) in [5.41, 5.74) is 1.09. The number of esters is 2. The first-order valence-corrected chi connectivity index (χ1v) is 8.75. The van der Waals surface area contributed by atoms with Crippen molar-refractivity contribution in [3.8, 4) is 17.4 Å². The molecule has 2 aromatic rings. The lowest BCUT2D eigenvalue weighted by Crippen LogP contribution is -2.06. The minimum Gasteiger partial charge on any atom is -0.462 e. The number of carbonyl (C=O) groups excluding carboxylic acids is 2. The molecule has 0 amide bonds. The highest BCUT2D eigenvalue weighted by Gasteiger charge is 2.12. The van der Waals surface area contributed by atoms with E-state index in [9.17, 15) is 9.59 Å². The second kappa shape index (κ2) is 9.97. The van der Waals surface area contributed by atoms with E-state index in [4.69, 9.17) is 19.2 Å². The zero-order valence-corrected chi connectivity index (χ0v) is 15.4. The van der Waals surface area contributed by atoms with Crippen molar-refractivity contribution in [3.05, 3.63) is 53.3 Å². The Morgan fingerprint density at radius 1 is 1.11 bits per heavy atom. The first-order valence-electron chi connectivity index (χ1n) is 8.75. The molecule has 0 saturated heterocycles. The summed E-state index contributed by atoms with van der Waals surface area (Å²) in [6.45, 7) is 4.30. The topological polar surface area (TPSA) is 89.5 Å². The van der Waals surface area contributed by atoms with E-state index in [1.54, 1.807) is 49.4 Å². The Kier molecular flexibility index (Phi) is 7.38. The first kappa shape index (κ1) is 20.0. The fourth-order valence-corrected chi connectivity index (χ4v) is 2.24. The quantitative estimate of drug-likeness (QED) is 0.298. The molecule has 0 aliphatic heterocycles. The van der Waals surface area contributed by atoms with Crippen LogP contribution in [0, 0.1) is 11.3 Å². The second-order valence-corrected chi connectivity index (χ2v) is 5.66. The molecule has 0 aliphatic carbocycles. The molecule has 0 saturated carbocycles. The van der Waals surface area contributed by atoms with Crippen LogP contribution in [0.1, 0.15) is 42.8 Å². The van der Waals surface area contributed by atoms with Crippen molar-refractivity contribution < 1.29 is 23.5 Å². The number of unbranched alkanes of at least 4 members (excludes halogenated alkanes) is 1. The van der Waals surface area contributed by atoms with Gasteiger partial charge in [-0.3, -0.25) is 0 Å². The number of furan rings is 1. The Balaban J connectivity index is 2.11. The summed E-state index contributed by atoms with van der Waals surface area (Å²) < 4.78 is 15.6. The number of nitrogens with zero attached hydrogens (tertiary/aromatic N) is 1. The monoisotopic (exact) mass is 367 g/mol. The molecule has 2 rings (SSSR count). The molecular formula is C21H21NO5. The number of rotatable bonds is 8. The maximum absolute atomic E-state index is 11.9. The van der Waals surface area contributed by atoms with Crippen LogP contribution in [0.3, 0.4) is 0 Å². The van der Waals surface area contributed by atoms with Crippen LogP contribution in [0.4, 0.5) is 0 Å². The molecule has 0 atom stereocenters. The smallest absolute Gasteiger partial charge is 0.349 e. The van der Waals surface area contributed by atoms with Crippen molar-refractivity contribution in [2.75, 3.05) is 13.2 Å². The van der Waals surface area contributed by atoms with Crippen LogP contribution in [0.2, 0.25) is 0 Å². The van der Waals surface area contributed by atoms with E-state index in [1.807, 2.05) is 6.92 Å². The van der Waals surface area contributed by atoms with Crippen molar-refractivity contribution in [3.63, 3.8) is 0 Å². The van der Waals surface area contributed by atoms with Gasteiger partial charge in [-0.1, -0.05) is 25.5 Å². The van der Waals surface area contributed by atoms with E-state index < -0.39 is 5.97 Å². The lowest BCUT2D eigenvalue weighted by molar-refractivity contribution is -0.137. The summed E-state index contributed by atoms with van der Waals surface area (Å²) in [5, 5.41) is 9.06. The molecule has 0 fully saturated rings. The minimum absolute atomic E-state index is 0.136. The van der Waals surface area contributed by atoms with Crippen LogP contribution >= 0.6 is 0 Å². The van der Waals surface area contributed by atoms with E-state index in [0.29, 0.717) is 23.7 Å². The van der Waals surface area contributed by atoms with Crippen molar-refractivity contribution >= 4 is 18.0 Å². The van der Waals surface area contributed by atoms with Crippen molar-refractivity contribution in [2.45, 2.75) is 26.7 Å². The Morgan fingerprint density at radius 3 is 2.48 bits per heavy atom. The van der Waals surface area contributed by atoms with Gasteiger partial charge in [0.25, 0.3) is 0 Å². The van der Waals surface area contributed by atoms with Gasteiger partial charge in [0.15, 0.2) is 0 Å². The molecule has 6 nitrogen and oxygen atoms in total. The summed E-state index contributed by atoms with van der Waals surface area (Å²) in [4.78, 5) is 23.6. The van der Waals surface area contributed by atoms with E-state index in [2.05, 4.69) is 0 Å². The molecule has 1 heterocycles. The molecule has 27 heavy (non-hydrogen) atoms. The van der Waals surface area contributed by atoms with Gasteiger partial charge in [0.1, 0.15) is 23.2 Å². The van der Waals surface area contributed by atoms with E-state index in [0.717, 1.165) is 18.4 Å². The highest BCUT2D eigenvalue weighted by molar-refractivity contribution is 5.97. The summed E-state index contributed by atoms with van der Waals surface area (Å²) in [6, 6.07) is 12.0. The summed E-state index contributed by atoms with van der Waals surface area (Å²) >= 11 is 0. The molecule has 6 heteroatoms. The molecule has 0 aliphatic rings. The van der Waals surface area contributed by atoms with E-state index in [1.165, 1.54) is 6.08 Å². The predicted octanol–water partition coefficient (Wildman–Crippen LogP) is 4.37. The van der Waals surface area contributed by atoms with Gasteiger partial charge in [0.2, 0.25) is 0 Å². The molecule has 1 aromatic heterocycles. The number of benzene rings is 1. The van der Waals surface area contributed by atoms with Crippen LogP contribution in [0.5, 0.6) is 0 Å². The highest BCUT2D eigenvalue weighted by atomic mass is 16.5. The van der Waals surface area contributed by atoms with E-state index in [-0.39, 0.29) is 18.1 Å². The largest absolute Gasteiger partial charge is 0.462 e.